The Labute approximate surface area is 143 Å². The number of hydrogen-bond donors (Lipinski definition) is 2. The number of carbonyl (C=O) groups is 1. The summed E-state index contributed by atoms with van der Waals surface area (Å²) < 4.78 is 42.6. The van der Waals surface area contributed by atoms with E-state index in [9.17, 15) is 22.8 Å². The minimum atomic E-state index is -4.42. The molecule has 0 aliphatic carbocycles. The molecule has 0 unspecified atom stereocenters. The third kappa shape index (κ3) is 3.97. The normalized spacial score (nSPS) is 11.3. The number of nitrogens with zero attached hydrogens (tertiary/aromatic N) is 2. The molecular weight excluding hydrogens is 353 g/mol. The number of alkyl halides is 3. The first-order valence-electron chi connectivity index (χ1n) is 7.28. The van der Waals surface area contributed by atoms with Crippen LogP contribution < -0.4 is 10.9 Å². The molecule has 0 fully saturated rings. The van der Waals surface area contributed by atoms with Crippen LogP contribution >= 0.6 is 0 Å². The van der Waals surface area contributed by atoms with Gasteiger partial charge in [-0.3, -0.25) is 9.59 Å². The largest absolute Gasteiger partial charge is 0.442 e. The van der Waals surface area contributed by atoms with Crippen molar-refractivity contribution < 1.29 is 22.4 Å². The van der Waals surface area contributed by atoms with Crippen LogP contribution in [0.4, 0.5) is 13.2 Å². The van der Waals surface area contributed by atoms with E-state index in [1.807, 2.05) is 0 Å². The number of benzene rings is 1. The Hall–Kier alpha value is -3.43. The Morgan fingerprint density at radius 1 is 1.23 bits per heavy atom. The average Bonchev–Trinajstić information content (AvgIpc) is 3.13. The molecule has 26 heavy (non-hydrogen) atoms. The topological polar surface area (TPSA) is 101 Å². The molecule has 0 saturated heterocycles. The van der Waals surface area contributed by atoms with Gasteiger partial charge in [0.05, 0.1) is 11.8 Å². The number of nitrogens with one attached hydrogen (secondary N) is 2. The lowest BCUT2D eigenvalue weighted by molar-refractivity contribution is -0.137. The average molecular weight is 364 g/mol. The minimum absolute atomic E-state index is 0.0119. The summed E-state index contributed by atoms with van der Waals surface area (Å²) in [4.78, 5) is 34.0. The van der Waals surface area contributed by atoms with E-state index in [0.717, 1.165) is 18.2 Å². The third-order valence-electron chi connectivity index (χ3n) is 3.34. The van der Waals surface area contributed by atoms with E-state index in [-0.39, 0.29) is 24.0 Å². The molecule has 0 bridgehead atoms. The molecule has 2 aromatic heterocycles. The number of aromatic amines is 1. The Morgan fingerprint density at radius 2 is 1.96 bits per heavy atom. The van der Waals surface area contributed by atoms with Crippen LogP contribution in [0, 0.1) is 0 Å². The molecule has 0 aliphatic heterocycles. The molecular formula is C16H11F3N4O3. The minimum Gasteiger partial charge on any atom is -0.442 e. The van der Waals surface area contributed by atoms with Crippen molar-refractivity contribution >= 4 is 5.91 Å². The van der Waals surface area contributed by atoms with Crippen LogP contribution in [0.5, 0.6) is 0 Å². The van der Waals surface area contributed by atoms with Crippen molar-refractivity contribution in [3.8, 4) is 11.7 Å². The quantitative estimate of drug-likeness (QED) is 0.740. The summed E-state index contributed by atoms with van der Waals surface area (Å²) in [5.41, 5.74) is -1.06. The highest BCUT2D eigenvalue weighted by Gasteiger charge is 2.29. The van der Waals surface area contributed by atoms with E-state index in [0.29, 0.717) is 5.56 Å². The van der Waals surface area contributed by atoms with E-state index in [1.54, 1.807) is 0 Å². The fraction of sp³-hybridized carbons (Fsp3) is 0.125. The van der Waals surface area contributed by atoms with Gasteiger partial charge in [-0.25, -0.2) is 9.97 Å². The summed E-state index contributed by atoms with van der Waals surface area (Å²) in [5, 5.41) is 2.49. The first kappa shape index (κ1) is 17.4. The standard InChI is InChI=1S/C16H11F3N4O3/c17-16(18,19)10-3-1-9(2-4-10)8-21-14(25)11-7-12(24)23-13(22-11)15-20-5-6-26-15/h1-7H,8H2,(H,21,25)(H,22,23,24). The molecule has 0 saturated carbocycles. The van der Waals surface area contributed by atoms with Gasteiger partial charge in [0.25, 0.3) is 17.4 Å². The predicted octanol–water partition coefficient (Wildman–Crippen LogP) is 2.37. The summed E-state index contributed by atoms with van der Waals surface area (Å²) in [6.45, 7) is -0.0280. The molecule has 10 heteroatoms. The Morgan fingerprint density at radius 3 is 2.58 bits per heavy atom. The van der Waals surface area contributed by atoms with E-state index in [1.165, 1.54) is 24.6 Å². The van der Waals surface area contributed by atoms with Gasteiger partial charge >= 0.3 is 6.18 Å². The number of aromatic nitrogens is 3. The summed E-state index contributed by atoms with van der Waals surface area (Å²) in [5.74, 6) is -0.634. The van der Waals surface area contributed by atoms with Gasteiger partial charge in [0, 0.05) is 12.6 Å². The van der Waals surface area contributed by atoms with Crippen LogP contribution in [-0.4, -0.2) is 20.9 Å². The number of amides is 1. The van der Waals surface area contributed by atoms with Crippen molar-refractivity contribution in [3.63, 3.8) is 0 Å². The van der Waals surface area contributed by atoms with Crippen molar-refractivity contribution in [2.24, 2.45) is 0 Å². The third-order valence-corrected chi connectivity index (χ3v) is 3.34. The van der Waals surface area contributed by atoms with Crippen molar-refractivity contribution in [2.75, 3.05) is 0 Å². The van der Waals surface area contributed by atoms with Gasteiger partial charge < -0.3 is 14.7 Å². The predicted molar refractivity (Wildman–Crippen MR) is 83.0 cm³/mol. The lowest BCUT2D eigenvalue weighted by atomic mass is 10.1. The number of carbonyl (C=O) groups excluding carboxylic acids is 1. The fourth-order valence-electron chi connectivity index (χ4n) is 2.10. The van der Waals surface area contributed by atoms with Gasteiger partial charge in [-0.1, -0.05) is 12.1 Å². The second-order valence-electron chi connectivity index (χ2n) is 5.19. The van der Waals surface area contributed by atoms with Gasteiger partial charge in [0.1, 0.15) is 12.0 Å². The summed E-state index contributed by atoms with van der Waals surface area (Å²) in [6, 6.07) is 5.36. The molecule has 7 nitrogen and oxygen atoms in total. The zero-order chi connectivity index (χ0) is 18.7. The summed E-state index contributed by atoms with van der Waals surface area (Å²) >= 11 is 0. The second kappa shape index (κ2) is 6.82. The molecule has 2 N–H and O–H groups in total. The Balaban J connectivity index is 1.72. The maximum absolute atomic E-state index is 12.5. The van der Waals surface area contributed by atoms with E-state index >= 15 is 0 Å². The van der Waals surface area contributed by atoms with Gasteiger partial charge in [0.15, 0.2) is 5.82 Å². The van der Waals surface area contributed by atoms with Gasteiger partial charge in [-0.05, 0) is 17.7 Å². The number of H-pyrrole nitrogens is 1. The molecule has 3 rings (SSSR count). The van der Waals surface area contributed by atoms with E-state index < -0.39 is 23.2 Å². The van der Waals surface area contributed by atoms with Crippen LogP contribution in [0.2, 0.25) is 0 Å². The Kier molecular flexibility index (Phi) is 4.57. The molecule has 1 aromatic carbocycles. The first-order chi connectivity index (χ1) is 12.3. The molecule has 3 aromatic rings. The van der Waals surface area contributed by atoms with Crippen molar-refractivity contribution in [3.05, 3.63) is 70.0 Å². The van der Waals surface area contributed by atoms with Crippen molar-refractivity contribution in [2.45, 2.75) is 12.7 Å². The van der Waals surface area contributed by atoms with Crippen LogP contribution in [0.15, 0.2) is 52.0 Å². The fourth-order valence-corrected chi connectivity index (χ4v) is 2.10. The molecule has 0 spiro atoms. The first-order valence-corrected chi connectivity index (χ1v) is 7.28. The molecule has 1 amide bonds. The highest BCUT2D eigenvalue weighted by atomic mass is 19.4. The smallest absolute Gasteiger partial charge is 0.416 e. The van der Waals surface area contributed by atoms with Crippen LogP contribution in [0.25, 0.3) is 11.7 Å². The maximum atomic E-state index is 12.5. The summed E-state index contributed by atoms with van der Waals surface area (Å²) in [7, 11) is 0. The molecule has 0 aliphatic rings. The molecule has 2 heterocycles. The van der Waals surface area contributed by atoms with Crippen molar-refractivity contribution in [1.82, 2.24) is 20.3 Å². The SMILES string of the molecule is O=C(NCc1ccc(C(F)(F)F)cc1)c1cc(=O)[nH]c(-c2ncco2)n1. The van der Waals surface area contributed by atoms with Gasteiger partial charge in [-0.15, -0.1) is 0 Å². The number of rotatable bonds is 4. The molecule has 134 valence electrons. The van der Waals surface area contributed by atoms with Crippen LogP contribution in [0.3, 0.4) is 0 Å². The lowest BCUT2D eigenvalue weighted by Crippen LogP contribution is -2.26. The maximum Gasteiger partial charge on any atom is 0.416 e. The van der Waals surface area contributed by atoms with E-state index in [2.05, 4.69) is 20.3 Å². The van der Waals surface area contributed by atoms with Gasteiger partial charge in [-0.2, -0.15) is 13.2 Å². The zero-order valence-electron chi connectivity index (χ0n) is 13.0. The number of hydrogen-bond acceptors (Lipinski definition) is 5. The van der Waals surface area contributed by atoms with Crippen LogP contribution in [0.1, 0.15) is 21.6 Å². The molecule has 0 atom stereocenters. The van der Waals surface area contributed by atoms with Crippen molar-refractivity contribution in [1.29, 1.82) is 0 Å². The highest BCUT2D eigenvalue weighted by molar-refractivity contribution is 5.92. The number of halogens is 3. The van der Waals surface area contributed by atoms with E-state index in [4.69, 9.17) is 4.42 Å². The number of oxazole rings is 1. The van der Waals surface area contributed by atoms with Gasteiger partial charge in [0.2, 0.25) is 0 Å². The Bertz CT molecular complexity index is 964. The second-order valence-corrected chi connectivity index (χ2v) is 5.19. The highest BCUT2D eigenvalue weighted by Crippen LogP contribution is 2.29. The molecule has 0 radical (unpaired) electrons. The van der Waals surface area contributed by atoms with Crippen LogP contribution in [-0.2, 0) is 12.7 Å². The zero-order valence-corrected chi connectivity index (χ0v) is 13.0. The monoisotopic (exact) mass is 364 g/mol. The lowest BCUT2D eigenvalue weighted by Gasteiger charge is -2.08. The summed E-state index contributed by atoms with van der Waals surface area (Å²) in [6.07, 6.45) is -1.79.